The van der Waals surface area contributed by atoms with Crippen molar-refractivity contribution in [3.05, 3.63) is 66.2 Å². The van der Waals surface area contributed by atoms with Crippen molar-refractivity contribution in [1.82, 2.24) is 9.88 Å². The van der Waals surface area contributed by atoms with Gasteiger partial charge in [0.25, 0.3) is 5.91 Å². The largest absolute Gasteiger partial charge is 0.378 e. The molecule has 1 amide bonds. The van der Waals surface area contributed by atoms with Crippen molar-refractivity contribution < 1.29 is 9.53 Å². The summed E-state index contributed by atoms with van der Waals surface area (Å²) < 4.78 is 5.67. The molecular weight excluding hydrogens is 336 g/mol. The number of hydrogen-bond donors (Lipinski definition) is 0. The van der Waals surface area contributed by atoms with E-state index < -0.39 is 0 Å². The van der Waals surface area contributed by atoms with Crippen molar-refractivity contribution in [2.24, 2.45) is 0 Å². The predicted octanol–water partition coefficient (Wildman–Crippen LogP) is 4.54. The van der Waals surface area contributed by atoms with Gasteiger partial charge in [0.1, 0.15) is 0 Å². The van der Waals surface area contributed by atoms with Gasteiger partial charge < -0.3 is 9.64 Å². The molecule has 0 spiro atoms. The van der Waals surface area contributed by atoms with E-state index in [2.05, 4.69) is 12.1 Å². The summed E-state index contributed by atoms with van der Waals surface area (Å²) in [5.41, 5.74) is 3.65. The molecule has 0 aliphatic carbocycles. The van der Waals surface area contributed by atoms with Crippen LogP contribution in [-0.4, -0.2) is 41.6 Å². The zero-order valence-corrected chi connectivity index (χ0v) is 15.6. The molecule has 4 nitrogen and oxygen atoms in total. The standard InChI is InChI=1S/C23H24N2O2/c1-2-27-20-13-15-25(16-14-20)23(26)19-9-7-18(8-10-19)22-12-11-17-5-3-4-6-21(17)24-22/h3-12,20H,2,13-16H2,1H3. The molecule has 0 radical (unpaired) electrons. The lowest BCUT2D eigenvalue weighted by atomic mass is 10.0. The van der Waals surface area contributed by atoms with Gasteiger partial charge in [-0.15, -0.1) is 0 Å². The van der Waals surface area contributed by atoms with E-state index in [0.717, 1.165) is 60.3 Å². The van der Waals surface area contributed by atoms with E-state index in [9.17, 15) is 4.79 Å². The van der Waals surface area contributed by atoms with Gasteiger partial charge in [0, 0.05) is 36.2 Å². The minimum Gasteiger partial charge on any atom is -0.378 e. The van der Waals surface area contributed by atoms with E-state index in [1.54, 1.807) is 0 Å². The van der Waals surface area contributed by atoms with Gasteiger partial charge >= 0.3 is 0 Å². The van der Waals surface area contributed by atoms with Crippen LogP contribution >= 0.6 is 0 Å². The van der Waals surface area contributed by atoms with E-state index in [0.29, 0.717) is 6.10 Å². The first-order valence-corrected chi connectivity index (χ1v) is 9.61. The second-order valence-corrected chi connectivity index (χ2v) is 6.91. The second-order valence-electron chi connectivity index (χ2n) is 6.91. The Labute approximate surface area is 159 Å². The number of benzene rings is 2. The zero-order chi connectivity index (χ0) is 18.6. The number of fused-ring (bicyclic) bond motifs is 1. The zero-order valence-electron chi connectivity index (χ0n) is 15.6. The molecule has 2 aromatic carbocycles. The summed E-state index contributed by atoms with van der Waals surface area (Å²) in [6, 6.07) is 20.0. The number of amides is 1. The number of rotatable bonds is 4. The summed E-state index contributed by atoms with van der Waals surface area (Å²) >= 11 is 0. The normalized spacial score (nSPS) is 15.2. The maximum Gasteiger partial charge on any atom is 0.253 e. The van der Waals surface area contributed by atoms with Crippen molar-refractivity contribution in [1.29, 1.82) is 0 Å². The molecule has 1 aliphatic heterocycles. The highest BCUT2D eigenvalue weighted by atomic mass is 16.5. The average Bonchev–Trinajstić information content (AvgIpc) is 2.74. The Morgan fingerprint density at radius 1 is 1.04 bits per heavy atom. The third-order valence-corrected chi connectivity index (χ3v) is 5.16. The number of carbonyl (C=O) groups is 1. The monoisotopic (exact) mass is 360 g/mol. The first kappa shape index (κ1) is 17.7. The van der Waals surface area contributed by atoms with Crippen LogP contribution in [-0.2, 0) is 4.74 Å². The van der Waals surface area contributed by atoms with Crippen molar-refractivity contribution in [2.75, 3.05) is 19.7 Å². The Bertz CT molecular complexity index is 929. The van der Waals surface area contributed by atoms with Crippen LogP contribution in [0.4, 0.5) is 0 Å². The lowest BCUT2D eigenvalue weighted by Gasteiger charge is -2.31. The molecule has 0 bridgehead atoms. The topological polar surface area (TPSA) is 42.4 Å². The molecular formula is C23H24N2O2. The van der Waals surface area contributed by atoms with Crippen LogP contribution in [0.5, 0.6) is 0 Å². The smallest absolute Gasteiger partial charge is 0.253 e. The van der Waals surface area contributed by atoms with Crippen molar-refractivity contribution >= 4 is 16.8 Å². The molecule has 1 aliphatic rings. The van der Waals surface area contributed by atoms with Gasteiger partial charge in [0.05, 0.1) is 17.3 Å². The number of ether oxygens (including phenoxy) is 1. The summed E-state index contributed by atoms with van der Waals surface area (Å²) in [6.07, 6.45) is 2.12. The maximum absolute atomic E-state index is 12.8. The lowest BCUT2D eigenvalue weighted by molar-refractivity contribution is 0.0146. The van der Waals surface area contributed by atoms with Crippen LogP contribution in [0.25, 0.3) is 22.2 Å². The van der Waals surface area contributed by atoms with Gasteiger partial charge in [0.15, 0.2) is 0 Å². The molecule has 0 atom stereocenters. The summed E-state index contributed by atoms with van der Waals surface area (Å²) in [4.78, 5) is 19.4. The van der Waals surface area contributed by atoms with Crippen molar-refractivity contribution in [3.8, 4) is 11.3 Å². The van der Waals surface area contributed by atoms with E-state index in [1.165, 1.54) is 0 Å². The molecule has 1 saturated heterocycles. The highest BCUT2D eigenvalue weighted by Crippen LogP contribution is 2.22. The fourth-order valence-corrected chi connectivity index (χ4v) is 3.65. The fourth-order valence-electron chi connectivity index (χ4n) is 3.65. The Morgan fingerprint density at radius 2 is 1.78 bits per heavy atom. The second kappa shape index (κ2) is 7.89. The van der Waals surface area contributed by atoms with Gasteiger partial charge in [-0.3, -0.25) is 4.79 Å². The molecule has 0 N–H and O–H groups in total. The van der Waals surface area contributed by atoms with Crippen molar-refractivity contribution in [2.45, 2.75) is 25.9 Å². The molecule has 0 saturated carbocycles. The first-order valence-electron chi connectivity index (χ1n) is 9.61. The molecule has 1 fully saturated rings. The summed E-state index contributed by atoms with van der Waals surface area (Å²) in [6.45, 7) is 4.28. The number of aromatic nitrogens is 1. The Morgan fingerprint density at radius 3 is 2.52 bits per heavy atom. The summed E-state index contributed by atoms with van der Waals surface area (Å²) in [5.74, 6) is 0.1000. The fraction of sp³-hybridized carbons (Fsp3) is 0.304. The van der Waals surface area contributed by atoms with E-state index in [-0.39, 0.29) is 5.91 Å². The Balaban J connectivity index is 1.47. The highest BCUT2D eigenvalue weighted by Gasteiger charge is 2.23. The number of para-hydroxylation sites is 1. The number of pyridine rings is 1. The third kappa shape index (κ3) is 3.86. The molecule has 4 heteroatoms. The van der Waals surface area contributed by atoms with Crippen LogP contribution in [0, 0.1) is 0 Å². The maximum atomic E-state index is 12.8. The van der Waals surface area contributed by atoms with Gasteiger partial charge in [-0.1, -0.05) is 36.4 Å². The first-order chi connectivity index (χ1) is 13.2. The number of likely N-dealkylation sites (tertiary alicyclic amines) is 1. The van der Waals surface area contributed by atoms with E-state index >= 15 is 0 Å². The molecule has 27 heavy (non-hydrogen) atoms. The SMILES string of the molecule is CCOC1CCN(C(=O)c2ccc(-c3ccc4ccccc4n3)cc2)CC1. The van der Waals surface area contributed by atoms with Gasteiger partial charge in [-0.05, 0) is 44.0 Å². The number of carbonyl (C=O) groups excluding carboxylic acids is 1. The van der Waals surface area contributed by atoms with Crippen LogP contribution in [0.1, 0.15) is 30.1 Å². The summed E-state index contributed by atoms with van der Waals surface area (Å²) in [5, 5.41) is 1.13. The third-order valence-electron chi connectivity index (χ3n) is 5.16. The molecule has 4 rings (SSSR count). The molecule has 3 aromatic rings. The average molecular weight is 360 g/mol. The van der Waals surface area contributed by atoms with Crippen LogP contribution in [0.15, 0.2) is 60.7 Å². The lowest BCUT2D eigenvalue weighted by Crippen LogP contribution is -2.40. The van der Waals surface area contributed by atoms with Crippen LogP contribution in [0.2, 0.25) is 0 Å². The summed E-state index contributed by atoms with van der Waals surface area (Å²) in [7, 11) is 0. The minimum absolute atomic E-state index is 0.1000. The van der Waals surface area contributed by atoms with Gasteiger partial charge in [0.2, 0.25) is 0 Å². The van der Waals surface area contributed by atoms with Crippen LogP contribution in [0.3, 0.4) is 0 Å². The van der Waals surface area contributed by atoms with E-state index in [4.69, 9.17) is 9.72 Å². The van der Waals surface area contributed by atoms with Gasteiger partial charge in [-0.25, -0.2) is 4.98 Å². The molecule has 1 aromatic heterocycles. The molecule has 2 heterocycles. The van der Waals surface area contributed by atoms with Crippen molar-refractivity contribution in [3.63, 3.8) is 0 Å². The predicted molar refractivity (Wildman–Crippen MR) is 108 cm³/mol. The quantitative estimate of drug-likeness (QED) is 0.686. The number of nitrogens with zero attached hydrogens (tertiary/aromatic N) is 2. The van der Waals surface area contributed by atoms with Gasteiger partial charge in [-0.2, -0.15) is 0 Å². The number of piperidine rings is 1. The van der Waals surface area contributed by atoms with E-state index in [1.807, 2.05) is 60.4 Å². The Kier molecular flexibility index (Phi) is 5.16. The molecule has 0 unspecified atom stereocenters. The minimum atomic E-state index is 0.1000. The Hall–Kier alpha value is -2.72. The highest BCUT2D eigenvalue weighted by molar-refractivity contribution is 5.94. The number of hydrogen-bond acceptors (Lipinski definition) is 3. The van der Waals surface area contributed by atoms with Crippen LogP contribution < -0.4 is 0 Å². The molecule has 138 valence electrons.